The molecular weight excluding hydrogens is 708 g/mol. The van der Waals surface area contributed by atoms with E-state index in [2.05, 4.69) is 27.0 Å². The predicted molar refractivity (Wildman–Crippen MR) is 199 cm³/mol. The van der Waals surface area contributed by atoms with Gasteiger partial charge in [0.05, 0.1) is 40.3 Å². The molecule has 1 atom stereocenters. The number of aryl methyl sites for hydroxylation is 1. The van der Waals surface area contributed by atoms with Crippen molar-refractivity contribution in [1.82, 2.24) is 20.1 Å². The van der Waals surface area contributed by atoms with Gasteiger partial charge in [0.1, 0.15) is 22.9 Å². The standard InChI is InChI=1S/C39H34ClF2N5O4S/c1-39(2,49)16-15-29-11-12-30(31-13-14-32(40)35-37(31)47(3)45-38(35)46-52(4,50)51)36(43-29)33(20-24-18-27(41)22-28(42)19-24)44-34(48)21-23-9-10-25-7-5-6-8-26(25)17-23/h5-14,17-19,22,33,49H,20-21H2,1-4H3,(H,44,48)(H,45,46)/t33-/m0/s1. The molecule has 266 valence electrons. The molecule has 9 nitrogen and oxygen atoms in total. The third kappa shape index (κ3) is 8.57. The SMILES string of the molecule is Cn1nc(NS(C)(=O)=O)c2c(Cl)ccc(-c3ccc(C#CC(C)(C)O)nc3[C@H](Cc3cc(F)cc(F)c3)NC(=O)Cc3ccc4ccccc4c3)c21. The van der Waals surface area contributed by atoms with Crippen LogP contribution in [0, 0.1) is 23.5 Å². The lowest BCUT2D eigenvalue weighted by atomic mass is 9.93. The molecule has 13 heteroatoms. The van der Waals surface area contributed by atoms with E-state index in [1.165, 1.54) is 30.7 Å². The smallest absolute Gasteiger partial charge is 0.231 e. The molecule has 0 aliphatic rings. The minimum absolute atomic E-state index is 0.000179. The highest BCUT2D eigenvalue weighted by atomic mass is 35.5. The number of halogens is 3. The molecule has 1 amide bonds. The van der Waals surface area contributed by atoms with E-state index in [1.807, 2.05) is 42.5 Å². The van der Waals surface area contributed by atoms with Crippen molar-refractivity contribution >= 4 is 55.0 Å². The number of fused-ring (bicyclic) bond motifs is 2. The number of amides is 1. The Morgan fingerprint density at radius 2 is 1.65 bits per heavy atom. The second kappa shape index (κ2) is 14.3. The number of aliphatic hydroxyl groups is 1. The number of hydrogen-bond acceptors (Lipinski definition) is 6. The monoisotopic (exact) mass is 741 g/mol. The van der Waals surface area contributed by atoms with E-state index < -0.39 is 33.3 Å². The Kier molecular flexibility index (Phi) is 10.1. The second-order valence-corrected chi connectivity index (χ2v) is 15.2. The van der Waals surface area contributed by atoms with E-state index in [0.717, 1.165) is 28.7 Å². The van der Waals surface area contributed by atoms with E-state index in [4.69, 9.17) is 16.6 Å². The molecule has 3 N–H and O–H groups in total. The van der Waals surface area contributed by atoms with Crippen LogP contribution in [0.1, 0.15) is 42.4 Å². The molecule has 6 aromatic rings. The minimum atomic E-state index is -3.73. The maximum atomic E-state index is 14.5. The molecule has 4 aromatic carbocycles. The molecule has 0 bridgehead atoms. The lowest BCUT2D eigenvalue weighted by molar-refractivity contribution is -0.121. The van der Waals surface area contributed by atoms with Crippen LogP contribution in [0.25, 0.3) is 32.8 Å². The number of nitrogens with one attached hydrogen (secondary N) is 2. The fourth-order valence-corrected chi connectivity index (χ4v) is 6.79. The van der Waals surface area contributed by atoms with Gasteiger partial charge in [-0.3, -0.25) is 14.2 Å². The Morgan fingerprint density at radius 1 is 0.962 bits per heavy atom. The van der Waals surface area contributed by atoms with Crippen LogP contribution in [-0.2, 0) is 34.7 Å². The van der Waals surface area contributed by atoms with E-state index in [1.54, 1.807) is 31.3 Å². The first-order valence-corrected chi connectivity index (χ1v) is 18.4. The molecule has 2 heterocycles. The van der Waals surface area contributed by atoms with Crippen LogP contribution in [0.5, 0.6) is 0 Å². The van der Waals surface area contributed by atoms with Crippen molar-refractivity contribution in [2.75, 3.05) is 11.0 Å². The van der Waals surface area contributed by atoms with E-state index in [-0.39, 0.29) is 40.8 Å². The van der Waals surface area contributed by atoms with Gasteiger partial charge in [0, 0.05) is 24.2 Å². The summed E-state index contributed by atoms with van der Waals surface area (Å²) in [7, 11) is -2.10. The molecular formula is C39H34ClF2N5O4S. The zero-order valence-corrected chi connectivity index (χ0v) is 30.2. The van der Waals surface area contributed by atoms with Crippen LogP contribution in [0.2, 0.25) is 5.02 Å². The number of carbonyl (C=O) groups excluding carboxylic acids is 1. The molecule has 2 aromatic heterocycles. The van der Waals surface area contributed by atoms with Crippen LogP contribution < -0.4 is 10.0 Å². The van der Waals surface area contributed by atoms with Crippen LogP contribution in [0.15, 0.2) is 84.9 Å². The second-order valence-electron chi connectivity index (χ2n) is 13.1. The van der Waals surface area contributed by atoms with Crippen LogP contribution in [-0.4, -0.2) is 46.1 Å². The van der Waals surface area contributed by atoms with Crippen molar-refractivity contribution in [3.8, 4) is 23.0 Å². The van der Waals surface area contributed by atoms with Crippen LogP contribution in [0.4, 0.5) is 14.6 Å². The molecule has 0 saturated carbocycles. The zero-order valence-electron chi connectivity index (χ0n) is 28.6. The Labute approximate surface area is 304 Å². The number of anilines is 1. The number of rotatable bonds is 9. The van der Waals surface area contributed by atoms with Crippen molar-refractivity contribution in [3.63, 3.8) is 0 Å². The van der Waals surface area contributed by atoms with Crippen molar-refractivity contribution in [2.45, 2.75) is 38.3 Å². The third-order valence-corrected chi connectivity index (χ3v) is 9.02. The molecule has 0 aliphatic heterocycles. The van der Waals surface area contributed by atoms with Gasteiger partial charge in [0.25, 0.3) is 0 Å². The Bertz CT molecular complexity index is 2520. The number of sulfonamides is 1. The number of benzene rings is 4. The zero-order chi connectivity index (χ0) is 37.4. The molecule has 0 aliphatic carbocycles. The van der Waals surface area contributed by atoms with E-state index in [0.29, 0.717) is 27.7 Å². The van der Waals surface area contributed by atoms with E-state index >= 15 is 0 Å². The highest BCUT2D eigenvalue weighted by Crippen LogP contribution is 2.40. The van der Waals surface area contributed by atoms with Gasteiger partial charge in [0.2, 0.25) is 15.9 Å². The van der Waals surface area contributed by atoms with Gasteiger partial charge in [0.15, 0.2) is 5.82 Å². The van der Waals surface area contributed by atoms with Crippen molar-refractivity contribution < 1.29 is 27.1 Å². The highest BCUT2D eigenvalue weighted by Gasteiger charge is 2.26. The van der Waals surface area contributed by atoms with Crippen molar-refractivity contribution in [3.05, 3.63) is 124 Å². The maximum Gasteiger partial charge on any atom is 0.231 e. The molecule has 0 fully saturated rings. The summed E-state index contributed by atoms with van der Waals surface area (Å²) in [5, 5.41) is 20.3. The number of pyridine rings is 1. The summed E-state index contributed by atoms with van der Waals surface area (Å²) in [6.45, 7) is 3.05. The van der Waals surface area contributed by atoms with Gasteiger partial charge in [-0.1, -0.05) is 66.1 Å². The third-order valence-electron chi connectivity index (χ3n) is 8.14. The average molecular weight is 742 g/mol. The van der Waals surface area contributed by atoms with Gasteiger partial charge in [-0.2, -0.15) is 5.10 Å². The van der Waals surface area contributed by atoms with Crippen molar-refractivity contribution in [1.29, 1.82) is 0 Å². The Morgan fingerprint density at radius 3 is 2.35 bits per heavy atom. The molecule has 0 spiro atoms. The first-order chi connectivity index (χ1) is 24.5. The quantitative estimate of drug-likeness (QED) is 0.139. The highest BCUT2D eigenvalue weighted by molar-refractivity contribution is 7.92. The fraction of sp³-hybridized carbons (Fsp3) is 0.205. The van der Waals surface area contributed by atoms with Gasteiger partial charge < -0.3 is 10.4 Å². The number of nitrogens with zero attached hydrogens (tertiary/aromatic N) is 3. The topological polar surface area (TPSA) is 126 Å². The number of hydrogen-bond donors (Lipinski definition) is 3. The summed E-state index contributed by atoms with van der Waals surface area (Å²) in [5.74, 6) is 3.70. The van der Waals surface area contributed by atoms with Crippen LogP contribution >= 0.6 is 11.6 Å². The summed E-state index contributed by atoms with van der Waals surface area (Å²) in [4.78, 5) is 18.7. The van der Waals surface area contributed by atoms with Crippen LogP contribution in [0.3, 0.4) is 0 Å². The summed E-state index contributed by atoms with van der Waals surface area (Å²) < 4.78 is 57.3. The summed E-state index contributed by atoms with van der Waals surface area (Å²) in [5.41, 5.74) is 1.69. The largest absolute Gasteiger partial charge is 0.378 e. The lowest BCUT2D eigenvalue weighted by Gasteiger charge is -2.23. The fourth-order valence-electron chi connectivity index (χ4n) is 6.06. The first kappa shape index (κ1) is 36.4. The maximum absolute atomic E-state index is 14.5. The lowest BCUT2D eigenvalue weighted by Crippen LogP contribution is -2.32. The number of carbonyl (C=O) groups is 1. The first-order valence-electron chi connectivity index (χ1n) is 16.1. The molecule has 0 unspecified atom stereocenters. The van der Waals surface area contributed by atoms with Gasteiger partial charge in [-0.25, -0.2) is 22.2 Å². The molecule has 6 rings (SSSR count). The molecule has 52 heavy (non-hydrogen) atoms. The average Bonchev–Trinajstić information content (AvgIpc) is 3.37. The Balaban J connectivity index is 1.52. The predicted octanol–water partition coefficient (Wildman–Crippen LogP) is 6.86. The van der Waals surface area contributed by atoms with Crippen molar-refractivity contribution in [2.24, 2.45) is 7.05 Å². The molecule has 0 saturated heterocycles. The Hall–Kier alpha value is -5.35. The van der Waals surface area contributed by atoms with Gasteiger partial charge in [-0.15, -0.1) is 0 Å². The molecule has 0 radical (unpaired) electrons. The minimum Gasteiger partial charge on any atom is -0.378 e. The summed E-state index contributed by atoms with van der Waals surface area (Å²) in [6, 6.07) is 22.4. The van der Waals surface area contributed by atoms with Gasteiger partial charge >= 0.3 is 0 Å². The van der Waals surface area contributed by atoms with Gasteiger partial charge in [-0.05, 0) is 78.4 Å². The normalized spacial score (nSPS) is 12.4. The summed E-state index contributed by atoms with van der Waals surface area (Å²) >= 11 is 6.62. The number of aromatic nitrogens is 3. The van der Waals surface area contributed by atoms with E-state index in [9.17, 15) is 27.1 Å². The summed E-state index contributed by atoms with van der Waals surface area (Å²) in [6.07, 6.45) is 0.935.